The third-order valence-electron chi connectivity index (χ3n) is 5.12. The van der Waals surface area contributed by atoms with Crippen LogP contribution >= 0.6 is 0 Å². The van der Waals surface area contributed by atoms with Crippen molar-refractivity contribution in [3.63, 3.8) is 0 Å². The van der Waals surface area contributed by atoms with E-state index in [-0.39, 0.29) is 0 Å². The lowest BCUT2D eigenvalue weighted by atomic mass is 9.90. The van der Waals surface area contributed by atoms with E-state index >= 15 is 0 Å². The maximum absolute atomic E-state index is 11.5. The van der Waals surface area contributed by atoms with Crippen LogP contribution in [0.15, 0.2) is 91.5 Å². The molecule has 2 aromatic carbocycles. The summed E-state index contributed by atoms with van der Waals surface area (Å²) in [6.45, 7) is 1.30. The Morgan fingerprint density at radius 3 is 1.83 bits per heavy atom. The van der Waals surface area contributed by atoms with Crippen LogP contribution in [0.2, 0.25) is 0 Å². The van der Waals surface area contributed by atoms with Crippen molar-refractivity contribution in [3.05, 3.63) is 108 Å². The fourth-order valence-corrected chi connectivity index (χ4v) is 3.48. The van der Waals surface area contributed by atoms with Crippen LogP contribution in [0.25, 0.3) is 11.1 Å². The van der Waals surface area contributed by atoms with Crippen molar-refractivity contribution in [2.45, 2.75) is 13.1 Å². The molecule has 0 saturated heterocycles. The second-order valence-electron chi connectivity index (χ2n) is 7.30. The summed E-state index contributed by atoms with van der Waals surface area (Å²) in [5.41, 5.74) is 6.25. The highest BCUT2D eigenvalue weighted by atomic mass is 16.1. The molecule has 2 heterocycles. The van der Waals surface area contributed by atoms with Gasteiger partial charge in [-0.05, 0) is 11.6 Å². The molecule has 0 atom stereocenters. The van der Waals surface area contributed by atoms with Crippen LogP contribution < -0.4 is 20.1 Å². The Hall–Kier alpha value is -3.46. The molecule has 30 heavy (non-hydrogen) atoms. The molecule has 0 bridgehead atoms. The zero-order chi connectivity index (χ0) is 20.9. The SMILES string of the molecule is [B]c1ccccc1C[n+]1ccc(-c2cc(C=O)c[n+](Cc3ccccc3[B])c2)cc1. The molecule has 140 valence electrons. The normalized spacial score (nSPS) is 10.7. The monoisotopic (exact) mass is 386 g/mol. The first-order valence-corrected chi connectivity index (χ1v) is 9.78. The molecule has 0 spiro atoms. The Morgan fingerprint density at radius 2 is 1.27 bits per heavy atom. The Balaban J connectivity index is 1.61. The highest BCUT2D eigenvalue weighted by molar-refractivity contribution is 6.33. The van der Waals surface area contributed by atoms with Crippen molar-refractivity contribution in [2.24, 2.45) is 0 Å². The van der Waals surface area contributed by atoms with Gasteiger partial charge in [0, 0.05) is 28.8 Å². The fraction of sp³-hybridized carbons (Fsp3) is 0.0800. The predicted octanol–water partition coefficient (Wildman–Crippen LogP) is 1.43. The molecule has 2 aromatic heterocycles. The van der Waals surface area contributed by atoms with Gasteiger partial charge in [0.05, 0.1) is 5.56 Å². The van der Waals surface area contributed by atoms with Crippen LogP contribution in [0.3, 0.4) is 0 Å². The summed E-state index contributed by atoms with van der Waals surface area (Å²) < 4.78 is 4.08. The number of aromatic nitrogens is 2. The van der Waals surface area contributed by atoms with Crippen LogP contribution in [0.5, 0.6) is 0 Å². The minimum atomic E-state index is 0.599. The zero-order valence-electron chi connectivity index (χ0n) is 16.6. The highest BCUT2D eigenvalue weighted by Gasteiger charge is 2.13. The van der Waals surface area contributed by atoms with Gasteiger partial charge in [-0.25, -0.2) is 4.57 Å². The van der Waals surface area contributed by atoms with Crippen molar-refractivity contribution in [3.8, 4) is 11.1 Å². The second kappa shape index (κ2) is 8.91. The molecular formula is C25H20B2N2O+2. The Labute approximate surface area is 179 Å². The van der Waals surface area contributed by atoms with Crippen molar-refractivity contribution >= 4 is 32.9 Å². The smallest absolute Gasteiger partial charge is 0.179 e. The van der Waals surface area contributed by atoms with Crippen molar-refractivity contribution < 1.29 is 13.9 Å². The largest absolute Gasteiger partial charge is 0.298 e. The molecule has 0 aliphatic heterocycles. The molecule has 0 amide bonds. The summed E-state index contributed by atoms with van der Waals surface area (Å²) in [6.07, 6.45) is 8.79. The van der Waals surface area contributed by atoms with E-state index < -0.39 is 0 Å². The number of hydrogen-bond acceptors (Lipinski definition) is 1. The number of hydrogen-bond donors (Lipinski definition) is 0. The first-order chi connectivity index (χ1) is 14.6. The van der Waals surface area contributed by atoms with Gasteiger partial charge in [-0.1, -0.05) is 59.5 Å². The average Bonchev–Trinajstić information content (AvgIpc) is 2.77. The number of aldehydes is 1. The van der Waals surface area contributed by atoms with E-state index in [0.29, 0.717) is 18.7 Å². The standard InChI is InChI=1S/C25H20B2N2O/c26-24-7-3-1-5-21(24)15-28-11-9-20(10-12-28)23-13-19(18-30)14-29(17-23)16-22-6-2-4-8-25(22)27/h1-14,17-18H,15-16H2/q+2. The van der Waals surface area contributed by atoms with E-state index in [4.69, 9.17) is 15.7 Å². The molecule has 4 aromatic rings. The summed E-state index contributed by atoms with van der Waals surface area (Å²) in [4.78, 5) is 11.5. The number of benzene rings is 2. The Kier molecular flexibility index (Phi) is 5.89. The van der Waals surface area contributed by atoms with E-state index in [1.54, 1.807) is 0 Å². The van der Waals surface area contributed by atoms with Gasteiger partial charge in [0.15, 0.2) is 44.2 Å². The first kappa shape index (κ1) is 19.8. The van der Waals surface area contributed by atoms with Crippen LogP contribution in [-0.4, -0.2) is 22.0 Å². The lowest BCUT2D eigenvalue weighted by Crippen LogP contribution is -2.37. The molecule has 5 heteroatoms. The molecular weight excluding hydrogens is 366 g/mol. The van der Waals surface area contributed by atoms with Gasteiger partial charge in [-0.15, -0.1) is 0 Å². The average molecular weight is 386 g/mol. The number of pyridine rings is 2. The Morgan fingerprint density at radius 1 is 0.700 bits per heavy atom. The van der Waals surface area contributed by atoms with Gasteiger partial charge in [0.2, 0.25) is 0 Å². The summed E-state index contributed by atoms with van der Waals surface area (Å²) in [5, 5.41) is 0. The number of nitrogens with zero attached hydrogens (tertiary/aromatic N) is 2. The quantitative estimate of drug-likeness (QED) is 0.280. The van der Waals surface area contributed by atoms with E-state index in [2.05, 4.69) is 4.57 Å². The Bertz CT molecular complexity index is 1190. The van der Waals surface area contributed by atoms with Gasteiger partial charge in [0.25, 0.3) is 0 Å². The molecule has 0 saturated carbocycles. The minimum absolute atomic E-state index is 0.599. The molecule has 0 unspecified atom stereocenters. The fourth-order valence-electron chi connectivity index (χ4n) is 3.48. The van der Waals surface area contributed by atoms with Gasteiger partial charge >= 0.3 is 0 Å². The zero-order valence-corrected chi connectivity index (χ0v) is 16.6. The van der Waals surface area contributed by atoms with Crippen LogP contribution in [0.4, 0.5) is 0 Å². The molecule has 4 rings (SSSR count). The van der Waals surface area contributed by atoms with E-state index in [1.807, 2.05) is 96.1 Å². The number of rotatable bonds is 6. The molecule has 0 fully saturated rings. The van der Waals surface area contributed by atoms with Crippen molar-refractivity contribution in [1.29, 1.82) is 0 Å². The van der Waals surface area contributed by atoms with Crippen LogP contribution in [-0.2, 0) is 13.1 Å². The van der Waals surface area contributed by atoms with E-state index in [9.17, 15) is 4.79 Å². The van der Waals surface area contributed by atoms with E-state index in [1.165, 1.54) is 0 Å². The van der Waals surface area contributed by atoms with Gasteiger partial charge in [0.1, 0.15) is 15.7 Å². The third kappa shape index (κ3) is 4.57. The summed E-state index contributed by atoms with van der Waals surface area (Å²) in [5.74, 6) is 0. The third-order valence-corrected chi connectivity index (χ3v) is 5.12. The first-order valence-electron chi connectivity index (χ1n) is 9.78. The van der Waals surface area contributed by atoms with Gasteiger partial charge < -0.3 is 0 Å². The van der Waals surface area contributed by atoms with Gasteiger partial charge in [-0.3, -0.25) is 4.79 Å². The number of carbonyl (C=O) groups excluding carboxylic acids is 1. The highest BCUT2D eigenvalue weighted by Crippen LogP contribution is 2.17. The van der Waals surface area contributed by atoms with Crippen LogP contribution in [0.1, 0.15) is 21.5 Å². The van der Waals surface area contributed by atoms with Crippen molar-refractivity contribution in [2.75, 3.05) is 0 Å². The van der Waals surface area contributed by atoms with Crippen molar-refractivity contribution in [1.82, 2.24) is 0 Å². The molecule has 0 N–H and O–H groups in total. The van der Waals surface area contributed by atoms with Gasteiger partial charge in [-0.2, -0.15) is 4.57 Å². The lowest BCUT2D eigenvalue weighted by molar-refractivity contribution is -0.688. The summed E-state index contributed by atoms with van der Waals surface area (Å²) in [6, 6.07) is 21.6. The molecule has 0 aliphatic carbocycles. The minimum Gasteiger partial charge on any atom is -0.298 e. The maximum atomic E-state index is 11.5. The van der Waals surface area contributed by atoms with E-state index in [0.717, 1.165) is 39.5 Å². The number of carbonyl (C=O) groups is 1. The predicted molar refractivity (Wildman–Crippen MR) is 120 cm³/mol. The summed E-state index contributed by atoms with van der Waals surface area (Å²) in [7, 11) is 12.1. The second-order valence-corrected chi connectivity index (χ2v) is 7.30. The molecule has 4 radical (unpaired) electrons. The lowest BCUT2D eigenvalue weighted by Gasteiger charge is -2.06. The van der Waals surface area contributed by atoms with Crippen LogP contribution in [0, 0.1) is 0 Å². The topological polar surface area (TPSA) is 24.8 Å². The summed E-state index contributed by atoms with van der Waals surface area (Å²) >= 11 is 0. The molecule has 0 aliphatic rings. The maximum Gasteiger partial charge on any atom is 0.179 e. The molecule has 3 nitrogen and oxygen atoms in total.